The molecule has 0 aromatic heterocycles. The van der Waals surface area contributed by atoms with Crippen LogP contribution in [-0.2, 0) is 12.8 Å². The Morgan fingerprint density at radius 3 is 2.84 bits per heavy atom. The van der Waals surface area contributed by atoms with Gasteiger partial charge in [-0.25, -0.2) is 0 Å². The predicted octanol–water partition coefficient (Wildman–Crippen LogP) is 2.22. The van der Waals surface area contributed by atoms with Crippen molar-refractivity contribution < 1.29 is 4.74 Å². The Kier molecular flexibility index (Phi) is 4.48. The zero-order valence-corrected chi connectivity index (χ0v) is 12.4. The number of benzene rings is 1. The van der Waals surface area contributed by atoms with Gasteiger partial charge in [0, 0.05) is 18.5 Å². The van der Waals surface area contributed by atoms with Crippen molar-refractivity contribution in [3.63, 3.8) is 0 Å². The molecule has 0 radical (unpaired) electrons. The summed E-state index contributed by atoms with van der Waals surface area (Å²) in [6, 6.07) is 6.59. The summed E-state index contributed by atoms with van der Waals surface area (Å²) in [6.45, 7) is 7.14. The number of hydrogen-bond donors (Lipinski definition) is 1. The Balaban J connectivity index is 1.79. The molecule has 0 bridgehead atoms. The standard InChI is InChI=1S/C16H26N2O/c1-16(2,17)8-10-18(3)9-6-13-4-5-15-14(12-13)7-11-19-15/h4-5,12H,6-11,17H2,1-3H3. The molecular weight excluding hydrogens is 236 g/mol. The van der Waals surface area contributed by atoms with Gasteiger partial charge in [0.25, 0.3) is 0 Å². The maximum absolute atomic E-state index is 6.01. The van der Waals surface area contributed by atoms with Crippen LogP contribution in [0, 0.1) is 0 Å². The topological polar surface area (TPSA) is 38.5 Å². The highest BCUT2D eigenvalue weighted by Crippen LogP contribution is 2.26. The second kappa shape index (κ2) is 5.93. The SMILES string of the molecule is CN(CCc1ccc2c(c1)CCO2)CCC(C)(C)N. The van der Waals surface area contributed by atoms with Crippen LogP contribution in [0.3, 0.4) is 0 Å². The maximum atomic E-state index is 6.01. The third kappa shape index (κ3) is 4.51. The van der Waals surface area contributed by atoms with Crippen molar-refractivity contribution in [2.45, 2.75) is 38.6 Å². The van der Waals surface area contributed by atoms with Gasteiger partial charge in [0.05, 0.1) is 6.61 Å². The number of ether oxygens (including phenoxy) is 1. The molecule has 0 fully saturated rings. The van der Waals surface area contributed by atoms with Gasteiger partial charge in [-0.2, -0.15) is 0 Å². The largest absolute Gasteiger partial charge is 0.493 e. The molecule has 3 heteroatoms. The monoisotopic (exact) mass is 262 g/mol. The van der Waals surface area contributed by atoms with E-state index in [1.165, 1.54) is 11.1 Å². The highest BCUT2D eigenvalue weighted by atomic mass is 16.5. The van der Waals surface area contributed by atoms with Crippen molar-refractivity contribution in [2.75, 3.05) is 26.7 Å². The van der Waals surface area contributed by atoms with Crippen LogP contribution < -0.4 is 10.5 Å². The minimum absolute atomic E-state index is 0.0703. The first kappa shape index (κ1) is 14.4. The van der Waals surface area contributed by atoms with Crippen molar-refractivity contribution in [3.8, 4) is 5.75 Å². The molecule has 2 N–H and O–H groups in total. The summed E-state index contributed by atoms with van der Waals surface area (Å²) >= 11 is 0. The Morgan fingerprint density at radius 2 is 2.11 bits per heavy atom. The van der Waals surface area contributed by atoms with Gasteiger partial charge in [-0.1, -0.05) is 12.1 Å². The minimum Gasteiger partial charge on any atom is -0.493 e. The Morgan fingerprint density at radius 1 is 1.32 bits per heavy atom. The molecule has 0 atom stereocenters. The second-order valence-electron chi connectivity index (χ2n) is 6.33. The molecule has 106 valence electrons. The second-order valence-corrected chi connectivity index (χ2v) is 6.33. The molecule has 1 heterocycles. The fraction of sp³-hybridized carbons (Fsp3) is 0.625. The van der Waals surface area contributed by atoms with E-state index in [0.717, 1.165) is 44.7 Å². The average molecular weight is 262 g/mol. The molecule has 19 heavy (non-hydrogen) atoms. The summed E-state index contributed by atoms with van der Waals surface area (Å²) in [5.41, 5.74) is 8.71. The fourth-order valence-electron chi connectivity index (χ4n) is 2.31. The summed E-state index contributed by atoms with van der Waals surface area (Å²) < 4.78 is 5.53. The molecule has 0 unspecified atom stereocenters. The van der Waals surface area contributed by atoms with Crippen molar-refractivity contribution >= 4 is 0 Å². The van der Waals surface area contributed by atoms with Gasteiger partial charge in [0.15, 0.2) is 0 Å². The van der Waals surface area contributed by atoms with E-state index in [-0.39, 0.29) is 5.54 Å². The molecule has 1 aromatic rings. The van der Waals surface area contributed by atoms with Gasteiger partial charge in [-0.05, 0) is 57.5 Å². The van der Waals surface area contributed by atoms with Gasteiger partial charge in [0.1, 0.15) is 5.75 Å². The lowest BCUT2D eigenvalue weighted by molar-refractivity contribution is 0.298. The zero-order chi connectivity index (χ0) is 13.9. The predicted molar refractivity (Wildman–Crippen MR) is 79.7 cm³/mol. The average Bonchev–Trinajstić information content (AvgIpc) is 2.80. The molecule has 0 aliphatic carbocycles. The number of nitrogens with two attached hydrogens (primary N) is 1. The van der Waals surface area contributed by atoms with E-state index in [1.54, 1.807) is 0 Å². The molecule has 1 aliphatic heterocycles. The summed E-state index contributed by atoms with van der Waals surface area (Å²) in [5, 5.41) is 0. The van der Waals surface area contributed by atoms with E-state index >= 15 is 0 Å². The Bertz CT molecular complexity index is 423. The molecule has 3 nitrogen and oxygen atoms in total. The molecule has 0 spiro atoms. The number of rotatable bonds is 6. The first-order chi connectivity index (χ1) is 8.94. The third-order valence-corrected chi connectivity index (χ3v) is 3.67. The normalized spacial score (nSPS) is 14.6. The van der Waals surface area contributed by atoms with Crippen molar-refractivity contribution in [1.29, 1.82) is 0 Å². The van der Waals surface area contributed by atoms with Crippen LogP contribution in [0.1, 0.15) is 31.4 Å². The first-order valence-corrected chi connectivity index (χ1v) is 7.16. The van der Waals surface area contributed by atoms with Crippen LogP contribution in [0.25, 0.3) is 0 Å². The van der Waals surface area contributed by atoms with Crippen LogP contribution in [-0.4, -0.2) is 37.2 Å². The Hall–Kier alpha value is -1.06. The van der Waals surface area contributed by atoms with Crippen LogP contribution in [0.2, 0.25) is 0 Å². The summed E-state index contributed by atoms with van der Waals surface area (Å²) in [6.07, 6.45) is 3.18. The summed E-state index contributed by atoms with van der Waals surface area (Å²) in [7, 11) is 2.17. The van der Waals surface area contributed by atoms with E-state index in [9.17, 15) is 0 Å². The van der Waals surface area contributed by atoms with Crippen LogP contribution in [0.4, 0.5) is 0 Å². The van der Waals surface area contributed by atoms with E-state index in [0.29, 0.717) is 0 Å². The zero-order valence-electron chi connectivity index (χ0n) is 12.4. The van der Waals surface area contributed by atoms with Gasteiger partial charge in [-0.15, -0.1) is 0 Å². The molecule has 0 amide bonds. The minimum atomic E-state index is -0.0703. The number of likely N-dealkylation sites (N-methyl/N-ethyl adjacent to an activating group) is 1. The quantitative estimate of drug-likeness (QED) is 0.854. The first-order valence-electron chi connectivity index (χ1n) is 7.16. The lowest BCUT2D eigenvalue weighted by atomic mass is 10.0. The molecule has 2 rings (SSSR count). The fourth-order valence-corrected chi connectivity index (χ4v) is 2.31. The number of hydrogen-bond acceptors (Lipinski definition) is 3. The van der Waals surface area contributed by atoms with Gasteiger partial charge in [0.2, 0.25) is 0 Å². The lowest BCUT2D eigenvalue weighted by Gasteiger charge is -2.23. The van der Waals surface area contributed by atoms with E-state index in [1.807, 2.05) is 0 Å². The van der Waals surface area contributed by atoms with Gasteiger partial charge >= 0.3 is 0 Å². The maximum Gasteiger partial charge on any atom is 0.122 e. The number of nitrogens with zero attached hydrogens (tertiary/aromatic N) is 1. The third-order valence-electron chi connectivity index (χ3n) is 3.67. The smallest absolute Gasteiger partial charge is 0.122 e. The van der Waals surface area contributed by atoms with Gasteiger partial charge < -0.3 is 15.4 Å². The summed E-state index contributed by atoms with van der Waals surface area (Å²) in [4.78, 5) is 2.36. The van der Waals surface area contributed by atoms with Crippen LogP contribution in [0.15, 0.2) is 18.2 Å². The van der Waals surface area contributed by atoms with Gasteiger partial charge in [-0.3, -0.25) is 0 Å². The summed E-state index contributed by atoms with van der Waals surface area (Å²) in [5.74, 6) is 1.07. The van der Waals surface area contributed by atoms with Crippen molar-refractivity contribution in [3.05, 3.63) is 29.3 Å². The highest BCUT2D eigenvalue weighted by molar-refractivity contribution is 5.39. The molecule has 1 aromatic carbocycles. The Labute approximate surface area is 116 Å². The lowest BCUT2D eigenvalue weighted by Crippen LogP contribution is -2.36. The van der Waals surface area contributed by atoms with Crippen molar-refractivity contribution in [2.24, 2.45) is 5.73 Å². The molecule has 0 saturated heterocycles. The van der Waals surface area contributed by atoms with E-state index in [2.05, 4.69) is 44.0 Å². The van der Waals surface area contributed by atoms with Crippen LogP contribution >= 0.6 is 0 Å². The molecule has 0 saturated carbocycles. The van der Waals surface area contributed by atoms with Crippen molar-refractivity contribution in [1.82, 2.24) is 4.90 Å². The molecule has 1 aliphatic rings. The highest BCUT2D eigenvalue weighted by Gasteiger charge is 2.13. The van der Waals surface area contributed by atoms with Crippen LogP contribution in [0.5, 0.6) is 5.75 Å². The van der Waals surface area contributed by atoms with E-state index in [4.69, 9.17) is 10.5 Å². The molecular formula is C16H26N2O. The van der Waals surface area contributed by atoms with E-state index < -0.39 is 0 Å². The number of fused-ring (bicyclic) bond motifs is 1.